The van der Waals surface area contributed by atoms with E-state index in [1.165, 1.54) is 0 Å². The van der Waals surface area contributed by atoms with Gasteiger partial charge in [0.05, 0.1) is 11.3 Å². The highest BCUT2D eigenvalue weighted by molar-refractivity contribution is 5.99. The van der Waals surface area contributed by atoms with E-state index in [4.69, 9.17) is 5.84 Å². The Hall–Kier alpha value is -1.66. The van der Waals surface area contributed by atoms with Crippen molar-refractivity contribution in [2.45, 2.75) is 12.8 Å². The van der Waals surface area contributed by atoms with Gasteiger partial charge in [-0.3, -0.25) is 15.6 Å². The summed E-state index contributed by atoms with van der Waals surface area (Å²) < 4.78 is 0. The van der Waals surface area contributed by atoms with Crippen LogP contribution in [0.25, 0.3) is 0 Å². The van der Waals surface area contributed by atoms with Gasteiger partial charge in [0, 0.05) is 32.0 Å². The van der Waals surface area contributed by atoms with E-state index in [-0.39, 0.29) is 5.91 Å². The van der Waals surface area contributed by atoms with Crippen molar-refractivity contribution < 1.29 is 4.79 Å². The average Bonchev–Trinajstić information content (AvgIpc) is 2.46. The first-order valence-corrected chi connectivity index (χ1v) is 6.96. The number of pyridine rings is 1. The summed E-state index contributed by atoms with van der Waals surface area (Å²) >= 11 is 0. The van der Waals surface area contributed by atoms with Crippen LogP contribution in [0.5, 0.6) is 0 Å². The van der Waals surface area contributed by atoms with Crippen molar-refractivity contribution in [1.29, 1.82) is 0 Å². The highest BCUT2D eigenvalue weighted by atomic mass is 16.2. The van der Waals surface area contributed by atoms with Gasteiger partial charge in [-0.1, -0.05) is 0 Å². The van der Waals surface area contributed by atoms with Crippen molar-refractivity contribution in [3.8, 4) is 0 Å². The van der Waals surface area contributed by atoms with E-state index in [1.54, 1.807) is 18.5 Å². The zero-order chi connectivity index (χ0) is 14.5. The Kier molecular flexibility index (Phi) is 4.92. The Morgan fingerprint density at radius 1 is 1.50 bits per heavy atom. The van der Waals surface area contributed by atoms with Gasteiger partial charge in [-0.25, -0.2) is 0 Å². The van der Waals surface area contributed by atoms with Gasteiger partial charge in [-0.15, -0.1) is 0 Å². The van der Waals surface area contributed by atoms with Gasteiger partial charge in [-0.2, -0.15) is 0 Å². The maximum absolute atomic E-state index is 12.5. The van der Waals surface area contributed by atoms with Crippen molar-refractivity contribution >= 4 is 11.6 Å². The van der Waals surface area contributed by atoms with Gasteiger partial charge in [0.25, 0.3) is 5.91 Å². The summed E-state index contributed by atoms with van der Waals surface area (Å²) in [7, 11) is 4.18. The number of nitrogens with zero attached hydrogens (tertiary/aromatic N) is 3. The van der Waals surface area contributed by atoms with E-state index in [2.05, 4.69) is 29.4 Å². The third-order valence-electron chi connectivity index (χ3n) is 3.73. The molecule has 0 bridgehead atoms. The molecule has 0 saturated carbocycles. The van der Waals surface area contributed by atoms with E-state index >= 15 is 0 Å². The van der Waals surface area contributed by atoms with Crippen LogP contribution in [0.2, 0.25) is 0 Å². The molecule has 0 radical (unpaired) electrons. The number of aromatic nitrogens is 1. The topological polar surface area (TPSA) is 74.5 Å². The number of amides is 1. The van der Waals surface area contributed by atoms with E-state index in [1.807, 2.05) is 4.90 Å². The molecule has 0 aromatic carbocycles. The number of hydrogen-bond acceptors (Lipinski definition) is 5. The SMILES string of the molecule is CN(C)CC1CCN(C(=O)c2cnccc2NN)CC1. The first-order chi connectivity index (χ1) is 9.61. The lowest BCUT2D eigenvalue weighted by molar-refractivity contribution is 0.0678. The van der Waals surface area contributed by atoms with Crippen molar-refractivity contribution in [3.63, 3.8) is 0 Å². The maximum atomic E-state index is 12.5. The second kappa shape index (κ2) is 6.67. The maximum Gasteiger partial charge on any atom is 0.257 e. The minimum Gasteiger partial charge on any atom is -0.339 e. The number of carbonyl (C=O) groups is 1. The smallest absolute Gasteiger partial charge is 0.257 e. The van der Waals surface area contributed by atoms with Crippen LogP contribution in [0.4, 0.5) is 5.69 Å². The number of carbonyl (C=O) groups excluding carboxylic acids is 1. The number of hydrazine groups is 1. The Morgan fingerprint density at radius 3 is 2.80 bits per heavy atom. The lowest BCUT2D eigenvalue weighted by Crippen LogP contribution is -2.41. The predicted octanol–water partition coefficient (Wildman–Crippen LogP) is 0.781. The van der Waals surface area contributed by atoms with Gasteiger partial charge < -0.3 is 15.2 Å². The average molecular weight is 277 g/mol. The van der Waals surface area contributed by atoms with Gasteiger partial charge >= 0.3 is 0 Å². The van der Waals surface area contributed by atoms with Crippen molar-refractivity contribution in [1.82, 2.24) is 14.8 Å². The molecule has 2 rings (SSSR count). The molecule has 1 aromatic heterocycles. The lowest BCUT2D eigenvalue weighted by Gasteiger charge is -2.33. The second-order valence-corrected chi connectivity index (χ2v) is 5.56. The molecule has 0 unspecified atom stereocenters. The van der Waals surface area contributed by atoms with Crippen molar-refractivity contribution in [3.05, 3.63) is 24.0 Å². The summed E-state index contributed by atoms with van der Waals surface area (Å²) in [6.45, 7) is 2.69. The van der Waals surface area contributed by atoms with Crippen LogP contribution in [-0.2, 0) is 0 Å². The number of hydrogen-bond donors (Lipinski definition) is 2. The summed E-state index contributed by atoms with van der Waals surface area (Å²) in [6, 6.07) is 1.71. The number of nitrogen functional groups attached to an aromatic ring is 1. The molecule has 1 aliphatic heterocycles. The molecule has 20 heavy (non-hydrogen) atoms. The summed E-state index contributed by atoms with van der Waals surface area (Å²) in [5.41, 5.74) is 3.72. The minimum absolute atomic E-state index is 0.00866. The fourth-order valence-electron chi connectivity index (χ4n) is 2.70. The first kappa shape index (κ1) is 14.7. The molecule has 0 atom stereocenters. The predicted molar refractivity (Wildman–Crippen MR) is 79.2 cm³/mol. The van der Waals surface area contributed by atoms with Crippen molar-refractivity contribution in [2.24, 2.45) is 11.8 Å². The summed E-state index contributed by atoms with van der Waals surface area (Å²) in [4.78, 5) is 20.6. The quantitative estimate of drug-likeness (QED) is 0.628. The van der Waals surface area contributed by atoms with Gasteiger partial charge in [0.15, 0.2) is 0 Å². The Labute approximate surface area is 119 Å². The number of piperidine rings is 1. The monoisotopic (exact) mass is 277 g/mol. The summed E-state index contributed by atoms with van der Waals surface area (Å²) in [5.74, 6) is 6.13. The molecule has 1 saturated heterocycles. The largest absolute Gasteiger partial charge is 0.339 e. The third kappa shape index (κ3) is 3.46. The van der Waals surface area contributed by atoms with Crippen LogP contribution in [0, 0.1) is 5.92 Å². The number of rotatable bonds is 4. The van der Waals surface area contributed by atoms with E-state index < -0.39 is 0 Å². The number of nitrogens with one attached hydrogen (secondary N) is 1. The standard InChI is InChI=1S/C14H23N5O/c1-18(2)10-11-4-7-19(8-5-11)14(20)12-9-16-6-3-13(12)17-15/h3,6,9,11H,4-5,7-8,10,15H2,1-2H3,(H,16,17). The van der Waals surface area contributed by atoms with Crippen LogP contribution in [0.3, 0.4) is 0 Å². The fraction of sp³-hybridized carbons (Fsp3) is 0.571. The van der Waals surface area contributed by atoms with Crippen molar-refractivity contribution in [2.75, 3.05) is 39.2 Å². The molecule has 3 N–H and O–H groups in total. The molecule has 1 amide bonds. The Bertz CT molecular complexity index is 455. The normalized spacial score (nSPS) is 16.5. The third-order valence-corrected chi connectivity index (χ3v) is 3.73. The molecule has 6 nitrogen and oxygen atoms in total. The zero-order valence-electron chi connectivity index (χ0n) is 12.2. The Morgan fingerprint density at radius 2 is 2.20 bits per heavy atom. The second-order valence-electron chi connectivity index (χ2n) is 5.56. The number of likely N-dealkylation sites (tertiary alicyclic amines) is 1. The molecule has 2 heterocycles. The zero-order valence-corrected chi connectivity index (χ0v) is 12.2. The molecular formula is C14H23N5O. The van der Waals surface area contributed by atoms with Gasteiger partial charge in [0.2, 0.25) is 0 Å². The van der Waals surface area contributed by atoms with Crippen LogP contribution in [-0.4, -0.2) is 54.4 Å². The molecular weight excluding hydrogens is 254 g/mol. The molecule has 1 aliphatic rings. The van der Waals surface area contributed by atoms with E-state index in [0.29, 0.717) is 17.2 Å². The van der Waals surface area contributed by atoms with E-state index in [9.17, 15) is 4.79 Å². The summed E-state index contributed by atoms with van der Waals surface area (Å²) in [5, 5.41) is 0. The molecule has 6 heteroatoms. The minimum atomic E-state index is 0.00866. The molecule has 110 valence electrons. The van der Waals surface area contributed by atoms with Crippen LogP contribution in [0.15, 0.2) is 18.5 Å². The number of nitrogens with two attached hydrogens (primary N) is 1. The van der Waals surface area contributed by atoms with Crippen LogP contribution in [0.1, 0.15) is 23.2 Å². The van der Waals surface area contributed by atoms with Gasteiger partial charge in [-0.05, 0) is 38.9 Å². The first-order valence-electron chi connectivity index (χ1n) is 6.96. The fourth-order valence-corrected chi connectivity index (χ4v) is 2.70. The molecule has 1 aromatic rings. The highest BCUT2D eigenvalue weighted by Crippen LogP contribution is 2.21. The summed E-state index contributed by atoms with van der Waals surface area (Å²) in [6.07, 6.45) is 5.30. The van der Waals surface area contributed by atoms with Gasteiger partial charge in [0.1, 0.15) is 0 Å². The molecule has 0 spiro atoms. The number of anilines is 1. The van der Waals surface area contributed by atoms with Crippen LogP contribution >= 0.6 is 0 Å². The Balaban J connectivity index is 1.98. The van der Waals surface area contributed by atoms with E-state index in [0.717, 1.165) is 32.5 Å². The lowest BCUT2D eigenvalue weighted by atomic mass is 9.96. The van der Waals surface area contributed by atoms with Crippen LogP contribution < -0.4 is 11.3 Å². The molecule has 1 fully saturated rings. The molecule has 0 aliphatic carbocycles. The highest BCUT2D eigenvalue weighted by Gasteiger charge is 2.25.